The summed E-state index contributed by atoms with van der Waals surface area (Å²) in [6, 6.07) is 9.01. The van der Waals surface area contributed by atoms with Crippen molar-refractivity contribution in [3.8, 4) is 23.0 Å². The minimum Gasteiger partial charge on any atom is -0.507 e. The van der Waals surface area contributed by atoms with Crippen LogP contribution in [0.15, 0.2) is 42.7 Å². The highest BCUT2D eigenvalue weighted by atomic mass is 16.6. The van der Waals surface area contributed by atoms with Gasteiger partial charge in [0.05, 0.1) is 30.5 Å². The number of hydrogen-bond donors (Lipinski definition) is 1. The number of ether oxygens (including phenoxy) is 3. The first-order valence-corrected chi connectivity index (χ1v) is 16.1. The third-order valence-electron chi connectivity index (χ3n) is 8.42. The molecule has 13 heteroatoms. The molecule has 3 aliphatic heterocycles. The number of para-hydroxylation sites is 1. The summed E-state index contributed by atoms with van der Waals surface area (Å²) >= 11 is 0. The molecule has 0 spiro atoms. The van der Waals surface area contributed by atoms with Crippen LogP contribution < -0.4 is 14.5 Å². The van der Waals surface area contributed by atoms with Gasteiger partial charge in [-0.15, -0.1) is 10.2 Å². The van der Waals surface area contributed by atoms with Gasteiger partial charge in [-0.3, -0.25) is 4.90 Å². The molecule has 13 nitrogen and oxygen atoms in total. The molecule has 2 amide bonds. The molecule has 250 valence electrons. The van der Waals surface area contributed by atoms with Crippen molar-refractivity contribution in [1.29, 1.82) is 0 Å². The zero-order valence-electron chi connectivity index (χ0n) is 27.8. The highest BCUT2D eigenvalue weighted by molar-refractivity contribution is 5.93. The fourth-order valence-corrected chi connectivity index (χ4v) is 6.27. The van der Waals surface area contributed by atoms with Crippen LogP contribution in [0.3, 0.4) is 0 Å². The van der Waals surface area contributed by atoms with Crippen molar-refractivity contribution in [2.45, 2.75) is 90.1 Å². The average Bonchev–Trinajstić information content (AvgIpc) is 3.42. The van der Waals surface area contributed by atoms with Crippen molar-refractivity contribution < 1.29 is 28.9 Å². The Balaban J connectivity index is 1.15. The largest absolute Gasteiger partial charge is 0.507 e. The molecule has 1 aromatic carbocycles. The number of likely N-dealkylation sites (tertiary alicyclic amines) is 1. The number of rotatable bonds is 4. The van der Waals surface area contributed by atoms with Gasteiger partial charge in [-0.05, 0) is 84.1 Å². The van der Waals surface area contributed by atoms with E-state index in [4.69, 9.17) is 14.2 Å². The Bertz CT molecular complexity index is 1610. The first kappa shape index (κ1) is 32.3. The molecular formula is C34H43N7O6. The van der Waals surface area contributed by atoms with Gasteiger partial charge in [0.1, 0.15) is 23.1 Å². The maximum absolute atomic E-state index is 13.3. The summed E-state index contributed by atoms with van der Waals surface area (Å²) < 4.78 is 17.5. The Hall–Kier alpha value is -4.68. The van der Waals surface area contributed by atoms with Crippen molar-refractivity contribution >= 4 is 23.7 Å². The van der Waals surface area contributed by atoms with Gasteiger partial charge in [0.25, 0.3) is 0 Å². The third kappa shape index (κ3) is 7.34. The first-order valence-electron chi connectivity index (χ1n) is 16.1. The molecule has 3 aliphatic rings. The minimum atomic E-state index is -0.683. The van der Waals surface area contributed by atoms with Crippen LogP contribution in [0.25, 0.3) is 11.3 Å². The average molecular weight is 646 g/mol. The van der Waals surface area contributed by atoms with E-state index in [-0.39, 0.29) is 35.9 Å². The number of aromatic nitrogens is 4. The van der Waals surface area contributed by atoms with Gasteiger partial charge in [0.2, 0.25) is 0 Å². The van der Waals surface area contributed by atoms with Gasteiger partial charge >= 0.3 is 18.2 Å². The first-order chi connectivity index (χ1) is 22.2. The number of carbonyl (C=O) groups excluding carboxylic acids is 2. The van der Waals surface area contributed by atoms with Gasteiger partial charge < -0.3 is 29.1 Å². The number of phenolic OH excluding ortho intramolecular Hbond substituents is 1. The van der Waals surface area contributed by atoms with Crippen molar-refractivity contribution in [1.82, 2.24) is 25.1 Å². The van der Waals surface area contributed by atoms with E-state index in [0.717, 1.165) is 18.4 Å². The number of fused-ring (bicyclic) bond motifs is 3. The second-order valence-electron chi connectivity index (χ2n) is 14.4. The Morgan fingerprint density at radius 1 is 0.894 bits per heavy atom. The molecule has 6 rings (SSSR count). The Labute approximate surface area is 274 Å². The number of nitrogens with zero attached hydrogens (tertiary/aromatic N) is 7. The Kier molecular flexibility index (Phi) is 8.58. The molecule has 3 aromatic rings. The molecule has 2 saturated heterocycles. The summed E-state index contributed by atoms with van der Waals surface area (Å²) in [5.41, 5.74) is 1.56. The van der Waals surface area contributed by atoms with Gasteiger partial charge in [-0.1, -0.05) is 12.1 Å². The lowest BCUT2D eigenvalue weighted by Crippen LogP contribution is -2.50. The Morgan fingerprint density at radius 2 is 1.55 bits per heavy atom. The van der Waals surface area contributed by atoms with Crippen LogP contribution in [0.2, 0.25) is 0 Å². The summed E-state index contributed by atoms with van der Waals surface area (Å²) in [5, 5.41) is 19.3. The zero-order valence-corrected chi connectivity index (χ0v) is 27.8. The molecular weight excluding hydrogens is 602 g/mol. The number of amides is 2. The number of anilines is 2. The van der Waals surface area contributed by atoms with Crippen molar-refractivity contribution in [3.05, 3.63) is 48.3 Å². The van der Waals surface area contributed by atoms with Crippen LogP contribution >= 0.6 is 0 Å². The SMILES string of the molecule is CC(C)(C)OC(=O)N1CCC(c2cnc(O[C@H]3C[C@@H]4CN(C(=O)OC(C)(C)C)c5nnc(-c6ccccc6O)cc5N4C3)nc2)CC1. The molecule has 5 heterocycles. The number of piperidine rings is 1. The molecule has 47 heavy (non-hydrogen) atoms. The molecule has 0 saturated carbocycles. The standard InChI is InChI=1S/C34H43N7O6/c1-33(2,3)46-31(43)39-13-11-21(12-14-39)22-17-35-30(36-18-22)45-24-15-23-19-41(32(44)47-34(4,5)6)29-27(40(23)20-24)16-26(37-38-29)25-9-7-8-10-28(25)42/h7-10,16-18,21,23-24,42H,11-15,19-20H2,1-6H3/t23-,24+/m1/s1. The minimum absolute atomic E-state index is 0.0733. The lowest BCUT2D eigenvalue weighted by Gasteiger charge is -2.39. The van der Waals surface area contributed by atoms with E-state index in [1.807, 2.05) is 66.1 Å². The molecule has 0 unspecified atom stereocenters. The predicted molar refractivity (Wildman–Crippen MR) is 175 cm³/mol. The number of phenols is 1. The van der Waals surface area contributed by atoms with Crippen LogP contribution in [0.5, 0.6) is 11.8 Å². The van der Waals surface area contributed by atoms with E-state index in [0.29, 0.717) is 55.4 Å². The van der Waals surface area contributed by atoms with Crippen molar-refractivity contribution in [2.24, 2.45) is 0 Å². The molecule has 2 aromatic heterocycles. The Morgan fingerprint density at radius 3 is 2.21 bits per heavy atom. The van der Waals surface area contributed by atoms with Gasteiger partial charge in [0, 0.05) is 37.5 Å². The summed E-state index contributed by atoms with van der Waals surface area (Å²) in [6.07, 6.45) is 4.85. The van der Waals surface area contributed by atoms with E-state index in [9.17, 15) is 14.7 Å². The molecule has 2 fully saturated rings. The van der Waals surface area contributed by atoms with E-state index in [2.05, 4.69) is 25.1 Å². The monoisotopic (exact) mass is 645 g/mol. The fourth-order valence-electron chi connectivity index (χ4n) is 6.27. The number of carbonyl (C=O) groups is 2. The summed E-state index contributed by atoms with van der Waals surface area (Å²) in [4.78, 5) is 40.3. The lowest BCUT2D eigenvalue weighted by atomic mass is 9.91. The molecule has 0 aliphatic carbocycles. The van der Waals surface area contributed by atoms with Crippen LogP contribution in [-0.2, 0) is 9.47 Å². The zero-order chi connectivity index (χ0) is 33.5. The number of benzene rings is 1. The molecule has 0 bridgehead atoms. The van der Waals surface area contributed by atoms with Gasteiger partial charge in [-0.2, -0.15) is 0 Å². The van der Waals surface area contributed by atoms with Gasteiger partial charge in [0.15, 0.2) is 5.82 Å². The second kappa shape index (κ2) is 12.5. The van der Waals surface area contributed by atoms with Crippen molar-refractivity contribution in [2.75, 3.05) is 36.0 Å². The van der Waals surface area contributed by atoms with E-state index in [1.165, 1.54) is 4.90 Å². The predicted octanol–water partition coefficient (Wildman–Crippen LogP) is 5.54. The van der Waals surface area contributed by atoms with E-state index < -0.39 is 17.3 Å². The van der Waals surface area contributed by atoms with Gasteiger partial charge in [-0.25, -0.2) is 19.6 Å². The van der Waals surface area contributed by atoms with Crippen molar-refractivity contribution in [3.63, 3.8) is 0 Å². The third-order valence-corrected chi connectivity index (χ3v) is 8.42. The highest BCUT2D eigenvalue weighted by Crippen LogP contribution is 2.41. The topological polar surface area (TPSA) is 143 Å². The molecule has 2 atom stereocenters. The number of aromatic hydroxyl groups is 1. The number of hydrogen-bond acceptors (Lipinski definition) is 11. The van der Waals surface area contributed by atoms with Crippen LogP contribution in [0.1, 0.15) is 72.3 Å². The van der Waals surface area contributed by atoms with Crippen LogP contribution in [0.4, 0.5) is 21.1 Å². The maximum Gasteiger partial charge on any atom is 0.416 e. The van der Waals surface area contributed by atoms with E-state index >= 15 is 0 Å². The molecule has 1 N–H and O–H groups in total. The smallest absolute Gasteiger partial charge is 0.416 e. The molecule has 0 radical (unpaired) electrons. The second-order valence-corrected chi connectivity index (χ2v) is 14.4. The maximum atomic E-state index is 13.3. The lowest BCUT2D eigenvalue weighted by molar-refractivity contribution is 0.0204. The quantitative estimate of drug-likeness (QED) is 0.382. The van der Waals surface area contributed by atoms with Crippen LogP contribution in [0, 0.1) is 0 Å². The summed E-state index contributed by atoms with van der Waals surface area (Å²) in [5.74, 6) is 0.737. The summed E-state index contributed by atoms with van der Waals surface area (Å²) in [7, 11) is 0. The van der Waals surface area contributed by atoms with Crippen LogP contribution in [-0.4, -0.2) is 91.9 Å². The highest BCUT2D eigenvalue weighted by Gasteiger charge is 2.44. The summed E-state index contributed by atoms with van der Waals surface area (Å²) in [6.45, 7) is 13.2. The van der Waals surface area contributed by atoms with E-state index in [1.54, 1.807) is 23.1 Å². The fraction of sp³-hybridized carbons (Fsp3) is 0.529. The normalized spacial score (nSPS) is 20.0.